The summed E-state index contributed by atoms with van der Waals surface area (Å²) < 4.78 is 0. The van der Waals surface area contributed by atoms with E-state index < -0.39 is 5.97 Å². The van der Waals surface area contributed by atoms with Crippen LogP contribution in [0.3, 0.4) is 0 Å². The predicted molar refractivity (Wildman–Crippen MR) is 42.6 cm³/mol. The highest BCUT2D eigenvalue weighted by atomic mass is 35.5. The van der Waals surface area contributed by atoms with Crippen LogP contribution in [0.25, 0.3) is 0 Å². The van der Waals surface area contributed by atoms with Crippen molar-refractivity contribution in [2.24, 2.45) is 0 Å². The standard InChI is InChI=1S/C6H13NO2.ClH/c1-5(7(2)3)4-6(8)9;/h5H,4H2,1-3H3,(H,8,9);1H. The van der Waals surface area contributed by atoms with Crippen molar-refractivity contribution in [1.29, 1.82) is 0 Å². The third-order valence-corrected chi connectivity index (χ3v) is 1.35. The minimum Gasteiger partial charge on any atom is -0.481 e. The molecule has 4 heteroatoms. The number of carboxylic acids is 1. The number of carbonyl (C=O) groups is 1. The normalized spacial score (nSPS) is 12.4. The molecule has 1 unspecified atom stereocenters. The summed E-state index contributed by atoms with van der Waals surface area (Å²) in [6.07, 6.45) is 0.215. The van der Waals surface area contributed by atoms with Gasteiger partial charge in [-0.15, -0.1) is 12.4 Å². The summed E-state index contributed by atoms with van der Waals surface area (Å²) in [6, 6.07) is 0.127. The zero-order valence-corrected chi connectivity index (χ0v) is 7.31. The Morgan fingerprint density at radius 3 is 2.10 bits per heavy atom. The summed E-state index contributed by atoms with van der Waals surface area (Å²) in [4.78, 5) is 12.0. The van der Waals surface area contributed by atoms with E-state index in [-0.39, 0.29) is 24.9 Å². The van der Waals surface area contributed by atoms with E-state index in [0.29, 0.717) is 0 Å². The van der Waals surface area contributed by atoms with E-state index in [4.69, 9.17) is 5.11 Å². The van der Waals surface area contributed by atoms with Crippen LogP contribution in [0.4, 0.5) is 0 Å². The maximum Gasteiger partial charge on any atom is 0.304 e. The Balaban J connectivity index is 0. The summed E-state index contributed by atoms with van der Waals surface area (Å²) in [5.41, 5.74) is 0. The van der Waals surface area contributed by atoms with Crippen LogP contribution in [0, 0.1) is 0 Å². The van der Waals surface area contributed by atoms with Gasteiger partial charge in [0.2, 0.25) is 0 Å². The maximum absolute atomic E-state index is 10.1. The minimum absolute atomic E-state index is 0. The van der Waals surface area contributed by atoms with Crippen molar-refractivity contribution in [3.8, 4) is 0 Å². The van der Waals surface area contributed by atoms with Crippen LogP contribution in [0.2, 0.25) is 0 Å². The van der Waals surface area contributed by atoms with Crippen molar-refractivity contribution in [3.05, 3.63) is 0 Å². The van der Waals surface area contributed by atoms with Gasteiger partial charge in [-0.25, -0.2) is 0 Å². The number of aliphatic carboxylic acids is 1. The summed E-state index contributed by atoms with van der Waals surface area (Å²) >= 11 is 0. The molecule has 0 aromatic rings. The Labute approximate surface area is 67.4 Å². The zero-order valence-electron chi connectivity index (χ0n) is 6.50. The quantitative estimate of drug-likeness (QED) is 0.677. The van der Waals surface area contributed by atoms with Gasteiger partial charge in [0.1, 0.15) is 0 Å². The van der Waals surface area contributed by atoms with Gasteiger partial charge in [-0.2, -0.15) is 0 Å². The molecule has 0 aromatic heterocycles. The molecule has 0 saturated heterocycles. The summed E-state index contributed by atoms with van der Waals surface area (Å²) in [6.45, 7) is 1.88. The lowest BCUT2D eigenvalue weighted by molar-refractivity contribution is -0.138. The highest BCUT2D eigenvalue weighted by Crippen LogP contribution is 1.96. The van der Waals surface area contributed by atoms with Crippen LogP contribution in [-0.2, 0) is 4.79 Å². The highest BCUT2D eigenvalue weighted by Gasteiger charge is 2.07. The van der Waals surface area contributed by atoms with Gasteiger partial charge in [0.15, 0.2) is 0 Å². The second-order valence-corrected chi connectivity index (χ2v) is 2.41. The summed E-state index contributed by atoms with van der Waals surface area (Å²) in [5.74, 6) is -0.740. The van der Waals surface area contributed by atoms with Crippen molar-refractivity contribution in [3.63, 3.8) is 0 Å². The first-order chi connectivity index (χ1) is 4.04. The molecular weight excluding hydrogens is 154 g/mol. The number of halogens is 1. The molecule has 62 valence electrons. The lowest BCUT2D eigenvalue weighted by Gasteiger charge is -2.16. The largest absolute Gasteiger partial charge is 0.481 e. The van der Waals surface area contributed by atoms with Crippen molar-refractivity contribution in [2.75, 3.05) is 14.1 Å². The molecule has 0 saturated carbocycles. The minimum atomic E-state index is -0.740. The fourth-order valence-electron chi connectivity index (χ4n) is 0.435. The van der Waals surface area contributed by atoms with E-state index in [0.717, 1.165) is 0 Å². The molecule has 0 aliphatic carbocycles. The van der Waals surface area contributed by atoms with Crippen molar-refractivity contribution in [2.45, 2.75) is 19.4 Å². The molecule has 1 N–H and O–H groups in total. The van der Waals surface area contributed by atoms with Crippen molar-refractivity contribution < 1.29 is 9.90 Å². The average molecular weight is 168 g/mol. The first-order valence-electron chi connectivity index (χ1n) is 2.92. The molecule has 0 rings (SSSR count). The highest BCUT2D eigenvalue weighted by molar-refractivity contribution is 5.85. The Morgan fingerprint density at radius 1 is 1.60 bits per heavy atom. The Morgan fingerprint density at radius 2 is 2.00 bits per heavy atom. The fourth-order valence-corrected chi connectivity index (χ4v) is 0.435. The topological polar surface area (TPSA) is 40.5 Å². The van der Waals surface area contributed by atoms with Gasteiger partial charge >= 0.3 is 5.97 Å². The SMILES string of the molecule is CC(CC(=O)O)N(C)C.Cl. The van der Waals surface area contributed by atoms with Crippen LogP contribution in [0.15, 0.2) is 0 Å². The second-order valence-electron chi connectivity index (χ2n) is 2.41. The average Bonchev–Trinajstić information content (AvgIpc) is 1.63. The van der Waals surface area contributed by atoms with E-state index in [1.807, 2.05) is 25.9 Å². The summed E-state index contributed by atoms with van der Waals surface area (Å²) in [7, 11) is 3.74. The molecule has 3 nitrogen and oxygen atoms in total. The molecule has 0 aromatic carbocycles. The van der Waals surface area contributed by atoms with Gasteiger partial charge in [0.25, 0.3) is 0 Å². The van der Waals surface area contributed by atoms with E-state index in [1.54, 1.807) is 0 Å². The van der Waals surface area contributed by atoms with Gasteiger partial charge in [-0.3, -0.25) is 4.79 Å². The molecule has 0 spiro atoms. The zero-order chi connectivity index (χ0) is 7.44. The van der Waals surface area contributed by atoms with Gasteiger partial charge in [0.05, 0.1) is 6.42 Å². The van der Waals surface area contributed by atoms with Crippen LogP contribution in [-0.4, -0.2) is 36.1 Å². The molecular formula is C6H14ClNO2. The first-order valence-corrected chi connectivity index (χ1v) is 2.92. The van der Waals surface area contributed by atoms with Crippen LogP contribution in [0.1, 0.15) is 13.3 Å². The van der Waals surface area contributed by atoms with E-state index in [2.05, 4.69) is 0 Å². The number of nitrogens with zero attached hydrogens (tertiary/aromatic N) is 1. The Kier molecular flexibility index (Phi) is 6.82. The predicted octanol–water partition coefficient (Wildman–Crippen LogP) is 0.833. The lowest BCUT2D eigenvalue weighted by Crippen LogP contribution is -2.26. The molecule has 0 amide bonds. The van der Waals surface area contributed by atoms with Crippen molar-refractivity contribution >= 4 is 18.4 Å². The number of rotatable bonds is 3. The lowest BCUT2D eigenvalue weighted by atomic mass is 10.2. The molecule has 0 radical (unpaired) electrons. The van der Waals surface area contributed by atoms with Gasteiger partial charge < -0.3 is 10.0 Å². The van der Waals surface area contributed by atoms with E-state index in [9.17, 15) is 4.79 Å². The third kappa shape index (κ3) is 5.85. The molecule has 0 aliphatic heterocycles. The van der Waals surface area contributed by atoms with E-state index >= 15 is 0 Å². The Bertz CT molecular complexity index is 106. The summed E-state index contributed by atoms with van der Waals surface area (Å²) in [5, 5.41) is 8.31. The molecule has 0 bridgehead atoms. The van der Waals surface area contributed by atoms with E-state index in [1.165, 1.54) is 0 Å². The molecule has 1 atom stereocenters. The smallest absolute Gasteiger partial charge is 0.304 e. The molecule has 0 heterocycles. The fraction of sp³-hybridized carbons (Fsp3) is 0.833. The molecule has 0 fully saturated rings. The van der Waals surface area contributed by atoms with Crippen LogP contribution >= 0.6 is 12.4 Å². The molecule has 0 aliphatic rings. The first kappa shape index (κ1) is 12.4. The van der Waals surface area contributed by atoms with Crippen LogP contribution in [0.5, 0.6) is 0 Å². The molecule has 10 heavy (non-hydrogen) atoms. The van der Waals surface area contributed by atoms with Crippen molar-refractivity contribution in [1.82, 2.24) is 4.90 Å². The third-order valence-electron chi connectivity index (χ3n) is 1.35. The van der Waals surface area contributed by atoms with Gasteiger partial charge in [-0.05, 0) is 21.0 Å². The number of carboxylic acid groups (broad SMARTS) is 1. The number of hydrogen-bond donors (Lipinski definition) is 1. The second kappa shape index (κ2) is 5.50. The monoisotopic (exact) mass is 167 g/mol. The Hall–Kier alpha value is -0.280. The van der Waals surface area contributed by atoms with Gasteiger partial charge in [0, 0.05) is 6.04 Å². The van der Waals surface area contributed by atoms with Crippen LogP contribution < -0.4 is 0 Å². The maximum atomic E-state index is 10.1. The van der Waals surface area contributed by atoms with Gasteiger partial charge in [-0.1, -0.05) is 0 Å². The number of hydrogen-bond acceptors (Lipinski definition) is 2.